The van der Waals surface area contributed by atoms with Gasteiger partial charge in [-0.05, 0) is 30.2 Å². The molecule has 2 rings (SSSR count). The maximum Gasteiger partial charge on any atom is 0.414 e. The van der Waals surface area contributed by atoms with E-state index in [0.29, 0.717) is 5.75 Å². The minimum Gasteiger partial charge on any atom is -0.497 e. The molecule has 5 heteroatoms. The Balaban J connectivity index is 2.58. The number of hydrogen-bond donors (Lipinski definition) is 1. The molecule has 2 nitrogen and oxygen atoms in total. The van der Waals surface area contributed by atoms with Gasteiger partial charge in [-0.15, -0.1) is 0 Å². The number of alkyl halides is 3. The lowest BCUT2D eigenvalue weighted by atomic mass is 9.83. The van der Waals surface area contributed by atoms with Crippen LogP contribution in [0.2, 0.25) is 0 Å². The van der Waals surface area contributed by atoms with Crippen molar-refractivity contribution < 1.29 is 17.9 Å². The molecule has 1 unspecified atom stereocenters. The summed E-state index contributed by atoms with van der Waals surface area (Å²) in [5.74, 6) is 0.479. The summed E-state index contributed by atoms with van der Waals surface area (Å²) in [6, 6.07) is 11.7. The second kappa shape index (κ2) is 5.41. The molecule has 21 heavy (non-hydrogen) atoms. The van der Waals surface area contributed by atoms with Crippen molar-refractivity contribution in [1.29, 1.82) is 0 Å². The Labute approximate surface area is 121 Å². The fourth-order valence-corrected chi connectivity index (χ4v) is 2.16. The van der Waals surface area contributed by atoms with Crippen LogP contribution in [-0.2, 0) is 5.54 Å². The summed E-state index contributed by atoms with van der Waals surface area (Å²) in [4.78, 5) is 0. The van der Waals surface area contributed by atoms with Gasteiger partial charge in [-0.2, -0.15) is 13.2 Å². The van der Waals surface area contributed by atoms with Crippen molar-refractivity contribution in [1.82, 2.24) is 0 Å². The average molecular weight is 295 g/mol. The number of hydrogen-bond acceptors (Lipinski definition) is 2. The minimum atomic E-state index is -4.61. The maximum absolute atomic E-state index is 13.6. The van der Waals surface area contributed by atoms with E-state index in [9.17, 15) is 13.2 Å². The highest BCUT2D eigenvalue weighted by Gasteiger charge is 2.54. The van der Waals surface area contributed by atoms with E-state index < -0.39 is 11.7 Å². The topological polar surface area (TPSA) is 35.2 Å². The van der Waals surface area contributed by atoms with Crippen LogP contribution in [0.4, 0.5) is 13.2 Å². The second-order valence-corrected chi connectivity index (χ2v) is 4.90. The molecule has 2 N–H and O–H groups in total. The molecule has 0 radical (unpaired) electrons. The lowest BCUT2D eigenvalue weighted by Crippen LogP contribution is -2.51. The van der Waals surface area contributed by atoms with Crippen molar-refractivity contribution in [2.75, 3.05) is 7.11 Å². The lowest BCUT2D eigenvalue weighted by Gasteiger charge is -2.33. The van der Waals surface area contributed by atoms with Crippen molar-refractivity contribution in [3.8, 4) is 5.75 Å². The predicted octanol–water partition coefficient (Wildman–Crippen LogP) is 3.77. The third-order valence-corrected chi connectivity index (χ3v) is 3.50. The summed E-state index contributed by atoms with van der Waals surface area (Å²) in [6.07, 6.45) is -4.61. The summed E-state index contributed by atoms with van der Waals surface area (Å²) in [5, 5.41) is 0. The first kappa shape index (κ1) is 15.4. The van der Waals surface area contributed by atoms with Crippen molar-refractivity contribution in [3.63, 3.8) is 0 Å². The molecule has 2 aromatic carbocycles. The number of halogens is 3. The third-order valence-electron chi connectivity index (χ3n) is 3.50. The first-order valence-corrected chi connectivity index (χ1v) is 6.36. The molecule has 0 aromatic heterocycles. The maximum atomic E-state index is 13.6. The molecule has 0 aliphatic carbocycles. The molecule has 2 aromatic rings. The number of ether oxygens (including phenoxy) is 1. The quantitative estimate of drug-likeness (QED) is 0.935. The van der Waals surface area contributed by atoms with E-state index in [1.54, 1.807) is 12.1 Å². The van der Waals surface area contributed by atoms with Gasteiger partial charge in [-0.1, -0.05) is 42.0 Å². The summed E-state index contributed by atoms with van der Waals surface area (Å²) in [6.45, 7) is 1.81. The zero-order valence-corrected chi connectivity index (χ0v) is 11.7. The highest BCUT2D eigenvalue weighted by atomic mass is 19.4. The van der Waals surface area contributed by atoms with Crippen molar-refractivity contribution in [2.24, 2.45) is 5.73 Å². The highest BCUT2D eigenvalue weighted by Crippen LogP contribution is 2.42. The number of rotatable bonds is 3. The number of aryl methyl sites for hydroxylation is 1. The fraction of sp³-hybridized carbons (Fsp3) is 0.250. The predicted molar refractivity (Wildman–Crippen MR) is 75.2 cm³/mol. The van der Waals surface area contributed by atoms with Crippen LogP contribution in [0.5, 0.6) is 5.75 Å². The Kier molecular flexibility index (Phi) is 3.96. The Bertz CT molecular complexity index is 605. The smallest absolute Gasteiger partial charge is 0.414 e. The van der Waals surface area contributed by atoms with Gasteiger partial charge in [0, 0.05) is 0 Å². The molecule has 0 bridgehead atoms. The Morgan fingerprint density at radius 3 is 1.67 bits per heavy atom. The van der Waals surface area contributed by atoms with Gasteiger partial charge in [0.15, 0.2) is 5.54 Å². The van der Waals surface area contributed by atoms with Crippen LogP contribution in [0.15, 0.2) is 48.5 Å². The van der Waals surface area contributed by atoms with Gasteiger partial charge in [0.2, 0.25) is 0 Å². The van der Waals surface area contributed by atoms with Gasteiger partial charge < -0.3 is 10.5 Å². The van der Waals surface area contributed by atoms with Crippen LogP contribution in [-0.4, -0.2) is 13.3 Å². The molecule has 0 heterocycles. The third kappa shape index (κ3) is 2.74. The first-order valence-electron chi connectivity index (χ1n) is 6.36. The van der Waals surface area contributed by atoms with Crippen LogP contribution >= 0.6 is 0 Å². The van der Waals surface area contributed by atoms with Crippen molar-refractivity contribution in [2.45, 2.75) is 18.6 Å². The van der Waals surface area contributed by atoms with Gasteiger partial charge in [0.1, 0.15) is 5.75 Å². The molecule has 0 fully saturated rings. The van der Waals surface area contributed by atoms with Gasteiger partial charge in [0.25, 0.3) is 0 Å². The number of benzene rings is 2. The van der Waals surface area contributed by atoms with Crippen LogP contribution in [0.3, 0.4) is 0 Å². The lowest BCUT2D eigenvalue weighted by molar-refractivity contribution is -0.176. The van der Waals surface area contributed by atoms with Gasteiger partial charge in [-0.3, -0.25) is 0 Å². The molecule has 112 valence electrons. The SMILES string of the molecule is COc1ccc(C(N)(c2ccc(C)cc2)C(F)(F)F)cc1. The van der Waals surface area contributed by atoms with E-state index in [-0.39, 0.29) is 11.1 Å². The molecule has 0 saturated heterocycles. The monoisotopic (exact) mass is 295 g/mol. The minimum absolute atomic E-state index is 0.00534. The molecular formula is C16H16F3NO. The zero-order valence-electron chi connectivity index (χ0n) is 11.7. The van der Waals surface area contributed by atoms with E-state index in [1.807, 2.05) is 6.92 Å². The van der Waals surface area contributed by atoms with Crippen molar-refractivity contribution in [3.05, 3.63) is 65.2 Å². The van der Waals surface area contributed by atoms with E-state index in [0.717, 1.165) is 5.56 Å². The zero-order chi connectivity index (χ0) is 15.7. The molecule has 0 aliphatic heterocycles. The van der Waals surface area contributed by atoms with Crippen LogP contribution in [0.25, 0.3) is 0 Å². The van der Waals surface area contributed by atoms with Gasteiger partial charge in [-0.25, -0.2) is 0 Å². The highest BCUT2D eigenvalue weighted by molar-refractivity contribution is 5.42. The molecule has 0 spiro atoms. The van der Waals surface area contributed by atoms with E-state index in [4.69, 9.17) is 10.5 Å². The number of nitrogens with two attached hydrogens (primary N) is 1. The molecule has 0 amide bonds. The summed E-state index contributed by atoms with van der Waals surface area (Å²) < 4.78 is 45.8. The first-order chi connectivity index (χ1) is 9.79. The Hall–Kier alpha value is -2.01. The summed E-state index contributed by atoms with van der Waals surface area (Å²) in [5.41, 5.74) is 4.10. The van der Waals surface area contributed by atoms with Crippen molar-refractivity contribution >= 4 is 0 Å². The second-order valence-electron chi connectivity index (χ2n) is 4.90. The van der Waals surface area contributed by atoms with Gasteiger partial charge >= 0.3 is 6.18 Å². The Morgan fingerprint density at radius 1 is 0.857 bits per heavy atom. The van der Waals surface area contributed by atoms with Crippen LogP contribution < -0.4 is 10.5 Å². The molecule has 0 aliphatic rings. The van der Waals surface area contributed by atoms with Crippen LogP contribution in [0, 0.1) is 6.92 Å². The Morgan fingerprint density at radius 2 is 1.29 bits per heavy atom. The average Bonchev–Trinajstić information content (AvgIpc) is 2.46. The largest absolute Gasteiger partial charge is 0.497 e. The molecule has 0 saturated carbocycles. The summed E-state index contributed by atoms with van der Waals surface area (Å²) in [7, 11) is 1.45. The fourth-order valence-electron chi connectivity index (χ4n) is 2.16. The van der Waals surface area contributed by atoms with E-state index in [1.165, 1.54) is 43.5 Å². The van der Waals surface area contributed by atoms with E-state index in [2.05, 4.69) is 0 Å². The summed E-state index contributed by atoms with van der Waals surface area (Å²) >= 11 is 0. The van der Waals surface area contributed by atoms with E-state index >= 15 is 0 Å². The molecule has 1 atom stereocenters. The standard InChI is InChI=1S/C16H16F3NO/c1-11-3-5-12(6-4-11)15(20,16(17,18)19)13-7-9-14(21-2)10-8-13/h3-10H,20H2,1-2H3. The molecular weight excluding hydrogens is 279 g/mol. The number of methoxy groups -OCH3 is 1. The van der Waals surface area contributed by atoms with Crippen LogP contribution in [0.1, 0.15) is 16.7 Å². The normalized spacial score (nSPS) is 14.6. The van der Waals surface area contributed by atoms with Gasteiger partial charge in [0.05, 0.1) is 7.11 Å².